The predicted octanol–water partition coefficient (Wildman–Crippen LogP) is -0.293. The molecule has 94 valence electrons. The van der Waals surface area contributed by atoms with Crippen molar-refractivity contribution >= 4 is 24.2 Å². The maximum absolute atomic E-state index is 11.7. The molecule has 0 aliphatic carbocycles. The van der Waals surface area contributed by atoms with Gasteiger partial charge in [-0.1, -0.05) is 0 Å². The number of nitrogens with one attached hydrogen (secondary N) is 1. The molecule has 1 heterocycles. The Bertz CT molecular complexity index is 258. The van der Waals surface area contributed by atoms with Crippen molar-refractivity contribution in [1.29, 1.82) is 0 Å². The molecule has 1 saturated heterocycles. The van der Waals surface area contributed by atoms with Crippen molar-refractivity contribution in [3.05, 3.63) is 0 Å². The molecule has 2 amide bonds. The average molecular weight is 250 g/mol. The second-order valence-electron chi connectivity index (χ2n) is 4.16. The number of amides is 2. The highest BCUT2D eigenvalue weighted by atomic mass is 35.5. The zero-order valence-corrected chi connectivity index (χ0v) is 10.8. The van der Waals surface area contributed by atoms with Crippen molar-refractivity contribution in [2.75, 3.05) is 33.7 Å². The number of carbonyl (C=O) groups excluding carboxylic acids is 2. The van der Waals surface area contributed by atoms with E-state index < -0.39 is 0 Å². The van der Waals surface area contributed by atoms with Crippen molar-refractivity contribution in [2.45, 2.75) is 19.4 Å². The van der Waals surface area contributed by atoms with Crippen LogP contribution in [0.15, 0.2) is 0 Å². The van der Waals surface area contributed by atoms with Crippen LogP contribution in [0, 0.1) is 0 Å². The molecule has 1 aliphatic heterocycles. The highest BCUT2D eigenvalue weighted by Gasteiger charge is 2.22. The van der Waals surface area contributed by atoms with Crippen LogP contribution in [0.3, 0.4) is 0 Å². The number of piperazine rings is 1. The van der Waals surface area contributed by atoms with E-state index in [-0.39, 0.29) is 30.6 Å². The van der Waals surface area contributed by atoms with Crippen LogP contribution in [0.4, 0.5) is 0 Å². The minimum Gasteiger partial charge on any atom is -0.348 e. The minimum atomic E-state index is -0.133. The van der Waals surface area contributed by atoms with Crippen LogP contribution in [0.5, 0.6) is 0 Å². The van der Waals surface area contributed by atoms with E-state index in [1.54, 1.807) is 19.0 Å². The fourth-order valence-electron chi connectivity index (χ4n) is 1.56. The normalized spacial score (nSPS) is 19.9. The number of carbonyl (C=O) groups is 2. The number of halogens is 1. The molecule has 1 aliphatic rings. The molecule has 0 bridgehead atoms. The van der Waals surface area contributed by atoms with Crippen molar-refractivity contribution in [3.63, 3.8) is 0 Å². The van der Waals surface area contributed by atoms with Gasteiger partial charge in [0.25, 0.3) is 0 Å². The highest BCUT2D eigenvalue weighted by Crippen LogP contribution is 2.02. The molecule has 0 spiro atoms. The maximum Gasteiger partial charge on any atom is 0.232 e. The van der Waals surface area contributed by atoms with Gasteiger partial charge in [0.1, 0.15) is 6.42 Å². The lowest BCUT2D eigenvalue weighted by atomic mass is 10.2. The van der Waals surface area contributed by atoms with E-state index in [1.165, 1.54) is 4.90 Å². The smallest absolute Gasteiger partial charge is 0.232 e. The molecule has 16 heavy (non-hydrogen) atoms. The Labute approximate surface area is 103 Å². The van der Waals surface area contributed by atoms with Gasteiger partial charge in [0.05, 0.1) is 0 Å². The Hall–Kier alpha value is -0.810. The van der Waals surface area contributed by atoms with E-state index >= 15 is 0 Å². The summed E-state index contributed by atoms with van der Waals surface area (Å²) in [5, 5.41) is 3.25. The molecule has 1 fully saturated rings. The van der Waals surface area contributed by atoms with Crippen LogP contribution in [-0.4, -0.2) is 61.4 Å². The maximum atomic E-state index is 11.7. The summed E-state index contributed by atoms with van der Waals surface area (Å²) in [5.41, 5.74) is 0. The van der Waals surface area contributed by atoms with Crippen LogP contribution >= 0.6 is 12.4 Å². The Morgan fingerprint density at radius 3 is 2.56 bits per heavy atom. The molecule has 0 aromatic heterocycles. The molecule has 1 rings (SSSR count). The standard InChI is InChI=1S/C10H19N3O2.ClH/c1-8-7-13(5-4-11-8)10(15)6-9(14)12(2)3;/h8,11H,4-7H2,1-3H3;1H/t8-;/m0./s1. The molecule has 0 saturated carbocycles. The zero-order chi connectivity index (χ0) is 11.4. The molecule has 0 aromatic carbocycles. The Morgan fingerprint density at radius 1 is 1.44 bits per heavy atom. The van der Waals surface area contributed by atoms with Crippen LogP contribution in [-0.2, 0) is 9.59 Å². The predicted molar refractivity (Wildman–Crippen MR) is 64.6 cm³/mol. The van der Waals surface area contributed by atoms with E-state index in [1.807, 2.05) is 6.92 Å². The van der Waals surface area contributed by atoms with Gasteiger partial charge in [0.2, 0.25) is 11.8 Å². The molecule has 0 unspecified atom stereocenters. The largest absolute Gasteiger partial charge is 0.348 e. The summed E-state index contributed by atoms with van der Waals surface area (Å²) in [6.45, 7) is 4.24. The molecular formula is C10H20ClN3O2. The second kappa shape index (κ2) is 6.70. The lowest BCUT2D eigenvalue weighted by Gasteiger charge is -2.32. The lowest BCUT2D eigenvalue weighted by Crippen LogP contribution is -2.52. The molecule has 1 N–H and O–H groups in total. The van der Waals surface area contributed by atoms with Gasteiger partial charge in [-0.15, -0.1) is 12.4 Å². The van der Waals surface area contributed by atoms with Crippen molar-refractivity contribution in [3.8, 4) is 0 Å². The third-order valence-electron chi connectivity index (χ3n) is 2.52. The van der Waals surface area contributed by atoms with Crippen LogP contribution in [0.25, 0.3) is 0 Å². The summed E-state index contributed by atoms with van der Waals surface area (Å²) in [5.74, 6) is -0.201. The summed E-state index contributed by atoms with van der Waals surface area (Å²) in [6, 6.07) is 0.317. The summed E-state index contributed by atoms with van der Waals surface area (Å²) < 4.78 is 0. The van der Waals surface area contributed by atoms with Gasteiger partial charge in [-0.2, -0.15) is 0 Å². The van der Waals surface area contributed by atoms with Gasteiger partial charge in [0.15, 0.2) is 0 Å². The van der Waals surface area contributed by atoms with Gasteiger partial charge in [-0.3, -0.25) is 9.59 Å². The Kier molecular flexibility index (Phi) is 6.36. The fraction of sp³-hybridized carbons (Fsp3) is 0.800. The van der Waals surface area contributed by atoms with Gasteiger partial charge in [0, 0.05) is 39.8 Å². The number of hydrogen-bond acceptors (Lipinski definition) is 3. The van der Waals surface area contributed by atoms with Gasteiger partial charge < -0.3 is 15.1 Å². The Balaban J connectivity index is 0.00000225. The quantitative estimate of drug-likeness (QED) is 0.685. The van der Waals surface area contributed by atoms with Crippen LogP contribution in [0.1, 0.15) is 13.3 Å². The van der Waals surface area contributed by atoms with E-state index in [2.05, 4.69) is 5.32 Å². The van der Waals surface area contributed by atoms with Gasteiger partial charge in [-0.25, -0.2) is 0 Å². The van der Waals surface area contributed by atoms with Crippen LogP contribution < -0.4 is 5.32 Å². The van der Waals surface area contributed by atoms with Crippen LogP contribution in [0.2, 0.25) is 0 Å². The van der Waals surface area contributed by atoms with Crippen molar-refractivity contribution < 1.29 is 9.59 Å². The van der Waals surface area contributed by atoms with E-state index in [9.17, 15) is 9.59 Å². The van der Waals surface area contributed by atoms with E-state index in [0.717, 1.165) is 6.54 Å². The van der Waals surface area contributed by atoms with Crippen molar-refractivity contribution in [1.82, 2.24) is 15.1 Å². The fourth-order valence-corrected chi connectivity index (χ4v) is 1.56. The average Bonchev–Trinajstić information content (AvgIpc) is 2.17. The monoisotopic (exact) mass is 249 g/mol. The van der Waals surface area contributed by atoms with Gasteiger partial charge >= 0.3 is 0 Å². The SMILES string of the molecule is C[C@H]1CN(C(=O)CC(=O)N(C)C)CCN1.Cl. The van der Waals surface area contributed by atoms with E-state index in [4.69, 9.17) is 0 Å². The highest BCUT2D eigenvalue weighted by molar-refractivity contribution is 5.96. The molecule has 0 aromatic rings. The number of rotatable bonds is 2. The number of hydrogen-bond donors (Lipinski definition) is 1. The summed E-state index contributed by atoms with van der Waals surface area (Å²) >= 11 is 0. The van der Waals surface area contributed by atoms with E-state index in [0.29, 0.717) is 19.1 Å². The third kappa shape index (κ3) is 4.37. The summed E-state index contributed by atoms with van der Waals surface area (Å²) in [6.07, 6.45) is -0.0142. The molecule has 0 radical (unpaired) electrons. The third-order valence-corrected chi connectivity index (χ3v) is 2.52. The van der Waals surface area contributed by atoms with Gasteiger partial charge in [-0.05, 0) is 6.92 Å². The number of nitrogens with zero attached hydrogens (tertiary/aromatic N) is 2. The molecule has 6 heteroatoms. The summed E-state index contributed by atoms with van der Waals surface area (Å²) in [4.78, 5) is 26.2. The second-order valence-corrected chi connectivity index (χ2v) is 4.16. The topological polar surface area (TPSA) is 52.7 Å². The van der Waals surface area contributed by atoms with Crippen molar-refractivity contribution in [2.24, 2.45) is 0 Å². The molecule has 5 nitrogen and oxygen atoms in total. The first-order valence-electron chi connectivity index (χ1n) is 5.22. The first-order chi connectivity index (χ1) is 7.00. The Morgan fingerprint density at radius 2 is 2.06 bits per heavy atom. The first kappa shape index (κ1) is 15.2. The molecule has 1 atom stereocenters. The minimum absolute atomic E-state index is 0. The zero-order valence-electron chi connectivity index (χ0n) is 10.0. The lowest BCUT2D eigenvalue weighted by molar-refractivity contribution is -0.140. The summed E-state index contributed by atoms with van der Waals surface area (Å²) in [7, 11) is 3.33. The molecular weight excluding hydrogens is 230 g/mol. The first-order valence-corrected chi connectivity index (χ1v) is 5.22.